The largest absolute Gasteiger partial charge is 0.495 e. The van der Waals surface area contributed by atoms with Gasteiger partial charge < -0.3 is 25.0 Å². The summed E-state index contributed by atoms with van der Waals surface area (Å²) in [4.78, 5) is 36.8. The molecule has 4 rings (SSSR count). The summed E-state index contributed by atoms with van der Waals surface area (Å²) in [6.45, 7) is 1.92. The van der Waals surface area contributed by atoms with E-state index in [2.05, 4.69) is 15.2 Å². The minimum Gasteiger partial charge on any atom is -0.495 e. The summed E-state index contributed by atoms with van der Waals surface area (Å²) in [6.07, 6.45) is 6.03. The van der Waals surface area contributed by atoms with Crippen LogP contribution < -0.4 is 19.9 Å². The number of nitrogens with one attached hydrogen (secondary N) is 1. The Morgan fingerprint density at radius 3 is 2.70 bits per heavy atom. The number of hydrogen-bond donors (Lipinski definition) is 2. The number of fused-ring (bicyclic) bond motifs is 1. The van der Waals surface area contributed by atoms with Gasteiger partial charge in [0.1, 0.15) is 17.5 Å². The van der Waals surface area contributed by atoms with E-state index in [1.54, 1.807) is 24.2 Å². The second kappa shape index (κ2) is 7.81. The van der Waals surface area contributed by atoms with Crippen molar-refractivity contribution in [1.82, 2.24) is 9.97 Å². The first-order valence-electron chi connectivity index (χ1n) is 10.0. The van der Waals surface area contributed by atoms with E-state index < -0.39 is 5.97 Å². The van der Waals surface area contributed by atoms with Crippen molar-refractivity contribution >= 4 is 35.0 Å². The van der Waals surface area contributed by atoms with E-state index in [0.717, 1.165) is 31.5 Å². The van der Waals surface area contributed by atoms with Gasteiger partial charge in [0.2, 0.25) is 11.9 Å². The van der Waals surface area contributed by atoms with Gasteiger partial charge in [0.15, 0.2) is 5.82 Å². The van der Waals surface area contributed by atoms with Crippen molar-refractivity contribution < 1.29 is 19.4 Å². The van der Waals surface area contributed by atoms with E-state index >= 15 is 0 Å². The number of hydrogen-bond acceptors (Lipinski definition) is 7. The molecule has 2 heterocycles. The highest BCUT2D eigenvalue weighted by Crippen LogP contribution is 2.39. The topological polar surface area (TPSA) is 108 Å². The van der Waals surface area contributed by atoms with Crippen LogP contribution in [0.5, 0.6) is 5.75 Å². The molecule has 2 aromatic rings. The smallest absolute Gasteiger partial charge is 0.335 e. The van der Waals surface area contributed by atoms with E-state index in [1.807, 2.05) is 6.92 Å². The fraction of sp³-hybridized carbons (Fsp3) is 0.429. The minimum absolute atomic E-state index is 0.0321. The second-order valence-corrected chi connectivity index (χ2v) is 7.67. The van der Waals surface area contributed by atoms with Crippen molar-refractivity contribution in [2.24, 2.45) is 0 Å². The Labute approximate surface area is 174 Å². The van der Waals surface area contributed by atoms with Gasteiger partial charge in [-0.15, -0.1) is 0 Å². The lowest BCUT2D eigenvalue weighted by molar-refractivity contribution is -0.119. The number of amides is 1. The molecule has 9 heteroatoms. The molecule has 0 spiro atoms. The predicted molar refractivity (Wildman–Crippen MR) is 113 cm³/mol. The lowest BCUT2D eigenvalue weighted by Crippen LogP contribution is -2.54. The number of benzene rings is 1. The first kappa shape index (κ1) is 19.9. The van der Waals surface area contributed by atoms with E-state index in [0.29, 0.717) is 23.1 Å². The molecule has 1 saturated carbocycles. The third kappa shape index (κ3) is 3.40. The number of carboxylic acids is 1. The summed E-state index contributed by atoms with van der Waals surface area (Å²) in [7, 11) is 3.22. The summed E-state index contributed by atoms with van der Waals surface area (Å²) in [5, 5.41) is 12.3. The molecule has 1 aliphatic heterocycles. The van der Waals surface area contributed by atoms with Crippen molar-refractivity contribution in [3.8, 4) is 5.75 Å². The van der Waals surface area contributed by atoms with Crippen LogP contribution in [0.1, 0.15) is 43.0 Å². The molecule has 2 N–H and O–H groups in total. The molecule has 9 nitrogen and oxygen atoms in total. The van der Waals surface area contributed by atoms with Crippen LogP contribution in [0.25, 0.3) is 0 Å². The SMILES string of the molecule is COc1cc(C(=O)O)ccc1Nc1ncc2c(n1)N(C1CCCC1)C(C)C(=O)N2C. The number of ether oxygens (including phenoxy) is 1. The van der Waals surface area contributed by atoms with Crippen LogP contribution >= 0.6 is 0 Å². The van der Waals surface area contributed by atoms with E-state index in [9.17, 15) is 14.7 Å². The van der Waals surface area contributed by atoms with Gasteiger partial charge in [-0.1, -0.05) is 12.8 Å². The molecule has 0 saturated heterocycles. The van der Waals surface area contributed by atoms with Crippen LogP contribution in [-0.2, 0) is 4.79 Å². The first-order chi connectivity index (χ1) is 14.4. The fourth-order valence-corrected chi connectivity index (χ4v) is 4.27. The molecule has 1 amide bonds. The Balaban J connectivity index is 1.71. The average molecular weight is 411 g/mol. The number of carbonyl (C=O) groups excluding carboxylic acids is 1. The monoisotopic (exact) mass is 411 g/mol. The summed E-state index contributed by atoms with van der Waals surface area (Å²) < 4.78 is 5.33. The number of carbonyl (C=O) groups is 2. The van der Waals surface area contributed by atoms with Gasteiger partial charge in [0, 0.05) is 13.1 Å². The van der Waals surface area contributed by atoms with Gasteiger partial charge in [-0.25, -0.2) is 9.78 Å². The maximum Gasteiger partial charge on any atom is 0.335 e. The molecular formula is C21H25N5O4. The number of anilines is 4. The Hall–Kier alpha value is -3.36. The summed E-state index contributed by atoms with van der Waals surface area (Å²) in [5.41, 5.74) is 1.37. The van der Waals surface area contributed by atoms with Crippen molar-refractivity contribution in [3.05, 3.63) is 30.0 Å². The highest BCUT2D eigenvalue weighted by molar-refractivity contribution is 6.04. The Morgan fingerprint density at radius 1 is 1.30 bits per heavy atom. The predicted octanol–water partition coefficient (Wildman–Crippen LogP) is 3.04. The van der Waals surface area contributed by atoms with Crippen LogP contribution in [0.3, 0.4) is 0 Å². The zero-order valence-corrected chi connectivity index (χ0v) is 17.3. The third-order valence-electron chi connectivity index (χ3n) is 5.87. The molecule has 1 aromatic carbocycles. The molecule has 158 valence electrons. The van der Waals surface area contributed by atoms with E-state index in [1.165, 1.54) is 19.2 Å². The first-order valence-corrected chi connectivity index (χ1v) is 10.0. The molecule has 0 bridgehead atoms. The zero-order chi connectivity index (χ0) is 21.4. The van der Waals surface area contributed by atoms with Gasteiger partial charge >= 0.3 is 5.97 Å². The van der Waals surface area contributed by atoms with Crippen LogP contribution in [0.2, 0.25) is 0 Å². The van der Waals surface area contributed by atoms with Crippen molar-refractivity contribution in [2.75, 3.05) is 29.3 Å². The molecule has 1 fully saturated rings. The fourth-order valence-electron chi connectivity index (χ4n) is 4.27. The zero-order valence-electron chi connectivity index (χ0n) is 17.3. The van der Waals surface area contributed by atoms with Gasteiger partial charge in [-0.3, -0.25) is 4.79 Å². The molecule has 2 aliphatic rings. The Kier molecular flexibility index (Phi) is 5.19. The maximum atomic E-state index is 12.7. The van der Waals surface area contributed by atoms with E-state index in [-0.39, 0.29) is 23.6 Å². The number of methoxy groups -OCH3 is 1. The van der Waals surface area contributed by atoms with Gasteiger partial charge in [-0.2, -0.15) is 4.98 Å². The number of aromatic nitrogens is 2. The van der Waals surface area contributed by atoms with Gasteiger partial charge in [-0.05, 0) is 38.0 Å². The Bertz CT molecular complexity index is 989. The number of carboxylic acid groups (broad SMARTS) is 1. The van der Waals surface area contributed by atoms with Crippen molar-refractivity contribution in [3.63, 3.8) is 0 Å². The second-order valence-electron chi connectivity index (χ2n) is 7.67. The van der Waals surface area contributed by atoms with Crippen molar-refractivity contribution in [1.29, 1.82) is 0 Å². The highest BCUT2D eigenvalue weighted by Gasteiger charge is 2.39. The molecule has 1 unspecified atom stereocenters. The average Bonchev–Trinajstić information content (AvgIpc) is 3.26. The van der Waals surface area contributed by atoms with Crippen LogP contribution in [0.4, 0.5) is 23.1 Å². The lowest BCUT2D eigenvalue weighted by Gasteiger charge is -2.42. The summed E-state index contributed by atoms with van der Waals surface area (Å²) in [6, 6.07) is 4.55. The number of likely N-dealkylation sites (N-methyl/N-ethyl adjacent to an activating group) is 1. The van der Waals surface area contributed by atoms with Crippen LogP contribution in [0.15, 0.2) is 24.4 Å². The van der Waals surface area contributed by atoms with Crippen LogP contribution in [0, 0.1) is 0 Å². The molecule has 1 aromatic heterocycles. The van der Waals surface area contributed by atoms with Crippen LogP contribution in [-0.4, -0.2) is 53.2 Å². The minimum atomic E-state index is -1.03. The molecule has 0 radical (unpaired) electrons. The maximum absolute atomic E-state index is 12.7. The third-order valence-corrected chi connectivity index (χ3v) is 5.87. The normalized spacial score (nSPS) is 19.0. The number of nitrogens with zero attached hydrogens (tertiary/aromatic N) is 4. The van der Waals surface area contributed by atoms with Gasteiger partial charge in [0.05, 0.1) is 24.6 Å². The number of aromatic carboxylic acids is 1. The Morgan fingerprint density at radius 2 is 2.03 bits per heavy atom. The van der Waals surface area contributed by atoms with Crippen molar-refractivity contribution in [2.45, 2.75) is 44.7 Å². The summed E-state index contributed by atoms with van der Waals surface area (Å²) >= 11 is 0. The quantitative estimate of drug-likeness (QED) is 0.773. The molecule has 30 heavy (non-hydrogen) atoms. The lowest BCUT2D eigenvalue weighted by atomic mass is 10.1. The standard InChI is InChI=1S/C21H25N5O4/c1-12-19(27)25(2)16-11-22-21(24-18(16)26(12)14-6-4-5-7-14)23-15-9-8-13(20(28)29)10-17(15)30-3/h8-12,14H,4-7H2,1-3H3,(H,28,29)(H,22,23,24). The highest BCUT2D eigenvalue weighted by atomic mass is 16.5. The van der Waals surface area contributed by atoms with Gasteiger partial charge in [0.25, 0.3) is 0 Å². The molecule has 1 aliphatic carbocycles. The van der Waals surface area contributed by atoms with E-state index in [4.69, 9.17) is 9.72 Å². The molecular weight excluding hydrogens is 386 g/mol. The number of rotatable bonds is 5. The summed E-state index contributed by atoms with van der Waals surface area (Å²) in [5.74, 6) is 0.469. The molecule has 1 atom stereocenters.